The highest BCUT2D eigenvalue weighted by atomic mass is 16.6. The molecule has 12 nitrogen and oxygen atoms in total. The molecule has 12 heteroatoms. The first-order chi connectivity index (χ1) is 13.5. The van der Waals surface area contributed by atoms with Crippen molar-refractivity contribution in [2.75, 3.05) is 23.4 Å². The van der Waals surface area contributed by atoms with E-state index in [1.54, 1.807) is 0 Å². The van der Waals surface area contributed by atoms with Gasteiger partial charge in [-0.05, 0) is 18.4 Å². The molecule has 28 heavy (non-hydrogen) atoms. The van der Waals surface area contributed by atoms with Gasteiger partial charge in [-0.3, -0.25) is 35.9 Å². The third-order valence-electron chi connectivity index (χ3n) is 4.22. The quantitative estimate of drug-likeness (QED) is 0.531. The summed E-state index contributed by atoms with van der Waals surface area (Å²) in [6.45, 7) is 1.34. The van der Waals surface area contributed by atoms with Crippen LogP contribution in [0.15, 0.2) is 30.6 Å². The average Bonchev–Trinajstić information content (AvgIpc) is 3.21. The molecule has 0 aliphatic carbocycles. The molecule has 2 aromatic rings. The molecule has 1 fully saturated rings. The van der Waals surface area contributed by atoms with E-state index >= 15 is 0 Å². The summed E-state index contributed by atoms with van der Waals surface area (Å²) in [5.41, 5.74) is 5.02. The topological polar surface area (TPSA) is 156 Å². The van der Waals surface area contributed by atoms with E-state index in [2.05, 4.69) is 20.8 Å². The zero-order chi connectivity index (χ0) is 20.1. The van der Waals surface area contributed by atoms with E-state index in [1.165, 1.54) is 30.6 Å². The normalized spacial score (nSPS) is 13.2. The van der Waals surface area contributed by atoms with Gasteiger partial charge in [-0.2, -0.15) is 0 Å². The molecule has 146 valence electrons. The van der Waals surface area contributed by atoms with Gasteiger partial charge in [0.05, 0.1) is 16.3 Å². The average molecular weight is 387 g/mol. The summed E-state index contributed by atoms with van der Waals surface area (Å²) in [5, 5.41) is 22.2. The van der Waals surface area contributed by atoms with Crippen molar-refractivity contribution in [2.45, 2.75) is 19.3 Å². The van der Waals surface area contributed by atoms with Gasteiger partial charge in [-0.1, -0.05) is 12.1 Å². The number of non-ortho nitro benzene ring substituents is 1. The first-order valence-corrected chi connectivity index (χ1v) is 8.48. The van der Waals surface area contributed by atoms with Crippen LogP contribution in [0.4, 0.5) is 23.0 Å². The number of amides is 1. The second-order valence-corrected chi connectivity index (χ2v) is 6.12. The molecule has 2 N–H and O–H groups in total. The summed E-state index contributed by atoms with van der Waals surface area (Å²) in [5.74, 6) is -0.381. The maximum absolute atomic E-state index is 12.1. The molecule has 0 bridgehead atoms. The van der Waals surface area contributed by atoms with Crippen LogP contribution in [0.1, 0.15) is 18.4 Å². The van der Waals surface area contributed by atoms with Crippen LogP contribution in [0.5, 0.6) is 0 Å². The van der Waals surface area contributed by atoms with Crippen LogP contribution in [-0.4, -0.2) is 38.8 Å². The molecule has 0 saturated carbocycles. The second-order valence-electron chi connectivity index (χ2n) is 6.12. The van der Waals surface area contributed by atoms with Gasteiger partial charge in [0.1, 0.15) is 6.33 Å². The molecule has 1 amide bonds. The first-order valence-electron chi connectivity index (χ1n) is 8.48. The number of benzene rings is 1. The lowest BCUT2D eigenvalue weighted by molar-refractivity contribution is -0.384. The summed E-state index contributed by atoms with van der Waals surface area (Å²) < 4.78 is 0. The Kier molecular flexibility index (Phi) is 5.58. The summed E-state index contributed by atoms with van der Waals surface area (Å²) in [4.78, 5) is 42.8. The molecule has 1 aliphatic heterocycles. The highest BCUT2D eigenvalue weighted by molar-refractivity contribution is 5.81. The van der Waals surface area contributed by atoms with Gasteiger partial charge in [0.2, 0.25) is 17.5 Å². The minimum absolute atomic E-state index is 0.0666. The molecule has 3 rings (SSSR count). The largest absolute Gasteiger partial charge is 0.355 e. The SMILES string of the molecule is O=C(Cc1ccc([N+](=O)[O-])cc1)NNc1ncnc(N2CCCC2)c1[N+](=O)[O-]. The minimum Gasteiger partial charge on any atom is -0.351 e. The lowest BCUT2D eigenvalue weighted by atomic mass is 10.1. The predicted molar refractivity (Wildman–Crippen MR) is 98.7 cm³/mol. The van der Waals surface area contributed by atoms with Crippen LogP contribution in [0.25, 0.3) is 0 Å². The Morgan fingerprint density at radius 2 is 1.75 bits per heavy atom. The molecule has 1 aliphatic rings. The fourth-order valence-electron chi connectivity index (χ4n) is 2.88. The number of aromatic nitrogens is 2. The Morgan fingerprint density at radius 1 is 1.07 bits per heavy atom. The zero-order valence-electron chi connectivity index (χ0n) is 14.7. The van der Waals surface area contributed by atoms with Gasteiger partial charge in [0.25, 0.3) is 5.69 Å². The van der Waals surface area contributed by atoms with Gasteiger partial charge in [0, 0.05) is 25.2 Å². The van der Waals surface area contributed by atoms with Gasteiger partial charge < -0.3 is 4.90 Å². The van der Waals surface area contributed by atoms with Crippen molar-refractivity contribution < 1.29 is 14.6 Å². The number of rotatable bonds is 7. The van der Waals surface area contributed by atoms with Crippen molar-refractivity contribution in [3.63, 3.8) is 0 Å². The molecule has 1 aromatic carbocycles. The van der Waals surface area contributed by atoms with E-state index < -0.39 is 15.8 Å². The standard InChI is InChI=1S/C16H17N7O5/c24-13(9-11-3-5-12(6-4-11)22(25)26)19-20-15-14(23(27)28)16(18-10-17-15)21-7-1-2-8-21/h3-6,10H,1-2,7-9H2,(H,19,24)(H,17,18,20). The van der Waals surface area contributed by atoms with E-state index in [0.717, 1.165) is 12.8 Å². The summed E-state index contributed by atoms with van der Waals surface area (Å²) in [7, 11) is 0. The molecule has 2 heterocycles. The third-order valence-corrected chi connectivity index (χ3v) is 4.22. The maximum Gasteiger partial charge on any atom is 0.355 e. The Balaban J connectivity index is 1.68. The number of anilines is 2. The van der Waals surface area contributed by atoms with Gasteiger partial charge in [0.15, 0.2) is 0 Å². The van der Waals surface area contributed by atoms with Crippen LogP contribution in [0.2, 0.25) is 0 Å². The molecular weight excluding hydrogens is 370 g/mol. The maximum atomic E-state index is 12.1. The molecule has 1 saturated heterocycles. The van der Waals surface area contributed by atoms with Crippen molar-refractivity contribution >= 4 is 28.9 Å². The fraction of sp³-hybridized carbons (Fsp3) is 0.312. The van der Waals surface area contributed by atoms with E-state index in [4.69, 9.17) is 0 Å². The Morgan fingerprint density at radius 3 is 2.36 bits per heavy atom. The molecule has 0 spiro atoms. The van der Waals surface area contributed by atoms with Crippen molar-refractivity contribution in [3.05, 3.63) is 56.4 Å². The number of hydrogen-bond donors (Lipinski definition) is 2. The van der Waals surface area contributed by atoms with Crippen LogP contribution >= 0.6 is 0 Å². The number of nitrogens with zero attached hydrogens (tertiary/aromatic N) is 5. The number of carbonyl (C=O) groups excluding carboxylic acids is 1. The second kappa shape index (κ2) is 8.24. The Hall–Kier alpha value is -3.83. The number of nitrogens with one attached hydrogen (secondary N) is 2. The predicted octanol–water partition coefficient (Wildman–Crippen LogP) is 1.58. The lowest BCUT2D eigenvalue weighted by Crippen LogP contribution is -2.32. The number of hydrogen-bond acceptors (Lipinski definition) is 9. The van der Waals surface area contributed by atoms with E-state index in [1.807, 2.05) is 4.90 Å². The van der Waals surface area contributed by atoms with Crippen molar-refractivity contribution in [1.82, 2.24) is 15.4 Å². The van der Waals surface area contributed by atoms with Gasteiger partial charge in [-0.15, -0.1) is 0 Å². The highest BCUT2D eigenvalue weighted by Gasteiger charge is 2.28. The first kappa shape index (κ1) is 18.9. The smallest absolute Gasteiger partial charge is 0.351 e. The molecule has 0 atom stereocenters. The van der Waals surface area contributed by atoms with E-state index in [9.17, 15) is 25.0 Å². The molecular formula is C16H17N7O5. The van der Waals surface area contributed by atoms with E-state index in [-0.39, 0.29) is 29.4 Å². The van der Waals surface area contributed by atoms with Crippen molar-refractivity contribution in [1.29, 1.82) is 0 Å². The molecule has 0 unspecified atom stereocenters. The Labute approximate surface area is 158 Å². The van der Waals surface area contributed by atoms with Gasteiger partial charge in [-0.25, -0.2) is 9.97 Å². The third kappa shape index (κ3) is 4.28. The van der Waals surface area contributed by atoms with Crippen LogP contribution in [-0.2, 0) is 11.2 Å². The van der Waals surface area contributed by atoms with Crippen LogP contribution in [0, 0.1) is 20.2 Å². The minimum atomic E-state index is -0.585. The number of carbonyl (C=O) groups is 1. The zero-order valence-corrected chi connectivity index (χ0v) is 14.7. The fourth-order valence-corrected chi connectivity index (χ4v) is 2.88. The highest BCUT2D eigenvalue weighted by Crippen LogP contribution is 2.33. The number of nitro groups is 2. The molecule has 0 radical (unpaired) electrons. The van der Waals surface area contributed by atoms with Crippen LogP contribution in [0.3, 0.4) is 0 Å². The van der Waals surface area contributed by atoms with Crippen molar-refractivity contribution in [2.24, 2.45) is 0 Å². The molecule has 1 aromatic heterocycles. The monoisotopic (exact) mass is 387 g/mol. The van der Waals surface area contributed by atoms with Gasteiger partial charge >= 0.3 is 5.69 Å². The lowest BCUT2D eigenvalue weighted by Gasteiger charge is -2.17. The number of hydrazine groups is 1. The summed E-state index contributed by atoms with van der Waals surface area (Å²) in [6, 6.07) is 5.54. The summed E-state index contributed by atoms with van der Waals surface area (Å²) >= 11 is 0. The number of nitro benzene ring substituents is 1. The van der Waals surface area contributed by atoms with Crippen molar-refractivity contribution in [3.8, 4) is 0 Å². The van der Waals surface area contributed by atoms with E-state index in [0.29, 0.717) is 18.7 Å². The summed E-state index contributed by atoms with van der Waals surface area (Å²) in [6.07, 6.45) is 2.99. The Bertz CT molecular complexity index is 897. The van der Waals surface area contributed by atoms with Crippen LogP contribution < -0.4 is 15.8 Å².